The van der Waals surface area contributed by atoms with E-state index in [1.807, 2.05) is 42.5 Å². The van der Waals surface area contributed by atoms with Crippen molar-refractivity contribution in [2.75, 3.05) is 7.11 Å². The summed E-state index contributed by atoms with van der Waals surface area (Å²) in [5.41, 5.74) is 2.86. The number of hydrogen-bond donors (Lipinski definition) is 1. The molecule has 6 heteroatoms. The van der Waals surface area contributed by atoms with Crippen LogP contribution in [0.4, 0.5) is 0 Å². The maximum Gasteiger partial charge on any atom is 0.312 e. The molecule has 2 amide bonds. The van der Waals surface area contributed by atoms with Crippen LogP contribution in [0.1, 0.15) is 21.5 Å². The second-order valence-electron chi connectivity index (χ2n) is 6.79. The van der Waals surface area contributed by atoms with E-state index in [4.69, 9.17) is 9.47 Å². The van der Waals surface area contributed by atoms with Crippen molar-refractivity contribution in [3.8, 4) is 5.75 Å². The Morgan fingerprint density at radius 2 is 1.90 bits per heavy atom. The minimum absolute atomic E-state index is 0.177. The molecule has 6 nitrogen and oxygen atoms in total. The highest BCUT2D eigenvalue weighted by molar-refractivity contribution is 6.13. The summed E-state index contributed by atoms with van der Waals surface area (Å²) < 4.78 is 10.9. The number of nitrogens with zero attached hydrogens (tertiary/aromatic N) is 1. The lowest BCUT2D eigenvalue weighted by Gasteiger charge is -2.22. The van der Waals surface area contributed by atoms with E-state index in [-0.39, 0.29) is 17.8 Å². The molecule has 2 aliphatic rings. The van der Waals surface area contributed by atoms with Crippen LogP contribution < -0.4 is 10.1 Å². The van der Waals surface area contributed by atoms with Crippen LogP contribution in [0.2, 0.25) is 0 Å². The van der Waals surface area contributed by atoms with Gasteiger partial charge in [-0.05, 0) is 53.6 Å². The average Bonchev–Trinajstić information content (AvgIpc) is 2.79. The van der Waals surface area contributed by atoms with Gasteiger partial charge in [0.25, 0.3) is 5.91 Å². The molecule has 0 radical (unpaired) electrons. The van der Waals surface area contributed by atoms with Crippen molar-refractivity contribution in [3.05, 3.63) is 95.3 Å². The van der Waals surface area contributed by atoms with Gasteiger partial charge in [0.1, 0.15) is 5.75 Å². The Labute approximate surface area is 174 Å². The van der Waals surface area contributed by atoms with Gasteiger partial charge >= 0.3 is 5.91 Å². The molecule has 0 bridgehead atoms. The minimum atomic E-state index is -0.414. The Balaban J connectivity index is 1.40. The predicted molar refractivity (Wildman–Crippen MR) is 114 cm³/mol. The first-order chi connectivity index (χ1) is 14.6. The summed E-state index contributed by atoms with van der Waals surface area (Å²) in [7, 11) is 1.61. The summed E-state index contributed by atoms with van der Waals surface area (Å²) in [6, 6.07) is 14.5. The number of carbonyl (C=O) groups excluding carboxylic acids is 2. The normalized spacial score (nSPS) is 18.4. The van der Waals surface area contributed by atoms with Gasteiger partial charge in [-0.15, -0.1) is 0 Å². The zero-order valence-corrected chi connectivity index (χ0v) is 16.4. The van der Waals surface area contributed by atoms with E-state index in [0.717, 1.165) is 16.9 Å². The van der Waals surface area contributed by atoms with Crippen LogP contribution in [-0.4, -0.2) is 30.7 Å². The van der Waals surface area contributed by atoms with Crippen molar-refractivity contribution in [2.45, 2.75) is 12.6 Å². The van der Waals surface area contributed by atoms with Crippen molar-refractivity contribution in [1.29, 1.82) is 0 Å². The van der Waals surface area contributed by atoms with Gasteiger partial charge < -0.3 is 14.8 Å². The molecule has 150 valence electrons. The highest BCUT2D eigenvalue weighted by Gasteiger charge is 2.26. The number of hydrogen-bond acceptors (Lipinski definition) is 4. The summed E-state index contributed by atoms with van der Waals surface area (Å²) in [4.78, 5) is 28.6. The molecular formula is C24H20N2O4. The second-order valence-corrected chi connectivity index (χ2v) is 6.79. The lowest BCUT2D eigenvalue weighted by molar-refractivity contribution is -0.118. The number of benzene rings is 2. The zero-order chi connectivity index (χ0) is 20.9. The highest BCUT2D eigenvalue weighted by atomic mass is 16.5. The van der Waals surface area contributed by atoms with Crippen molar-refractivity contribution < 1.29 is 19.1 Å². The van der Waals surface area contributed by atoms with E-state index in [1.54, 1.807) is 43.5 Å². The molecule has 1 aliphatic carbocycles. The van der Waals surface area contributed by atoms with E-state index in [1.165, 1.54) is 0 Å². The van der Waals surface area contributed by atoms with Gasteiger partial charge in [0, 0.05) is 12.1 Å². The Hall–Kier alpha value is -3.93. The molecule has 0 aromatic heterocycles. The second kappa shape index (κ2) is 8.61. The molecule has 0 spiro atoms. The minimum Gasteiger partial charge on any atom is -0.497 e. The van der Waals surface area contributed by atoms with Crippen LogP contribution in [0.15, 0.2) is 83.6 Å². The van der Waals surface area contributed by atoms with Gasteiger partial charge in [0.2, 0.25) is 0 Å². The number of ether oxygens (including phenoxy) is 2. The summed E-state index contributed by atoms with van der Waals surface area (Å²) in [5.74, 6) is 0.361. The standard InChI is InChI=1S/C24H20N2O4/c1-29-19-12-8-17(9-13-19)15-25-23(27)18-10-6-16(7-11-18)14-22-24(28)26-20-4-2-3-5-21(20)30-22/h2-14,21H,15H2,1H3,(H,25,27)/b22-14-. The third-order valence-corrected chi connectivity index (χ3v) is 4.73. The third kappa shape index (κ3) is 4.38. The maximum atomic E-state index is 12.4. The summed E-state index contributed by atoms with van der Waals surface area (Å²) >= 11 is 0. The SMILES string of the molecule is COc1ccc(CNC(=O)c2ccc(/C=C3\OC4C=CC=CC4=NC3=O)cc2)cc1. The lowest BCUT2D eigenvalue weighted by atomic mass is 10.1. The molecule has 2 aromatic rings. The van der Waals surface area contributed by atoms with Crippen molar-refractivity contribution >= 4 is 23.6 Å². The molecule has 1 aliphatic heterocycles. The lowest BCUT2D eigenvalue weighted by Crippen LogP contribution is -2.29. The van der Waals surface area contributed by atoms with E-state index < -0.39 is 5.91 Å². The van der Waals surface area contributed by atoms with Crippen LogP contribution in [0.3, 0.4) is 0 Å². The number of rotatable bonds is 5. The summed E-state index contributed by atoms with van der Waals surface area (Å²) in [6.07, 6.45) is 8.57. The summed E-state index contributed by atoms with van der Waals surface area (Å²) in [5, 5.41) is 2.89. The number of aliphatic imine (C=N–C) groups is 1. The molecule has 1 atom stereocenters. The smallest absolute Gasteiger partial charge is 0.312 e. The first kappa shape index (κ1) is 19.4. The Kier molecular flexibility index (Phi) is 5.57. The molecule has 0 saturated heterocycles. The molecule has 1 heterocycles. The quantitative estimate of drug-likeness (QED) is 0.780. The highest BCUT2D eigenvalue weighted by Crippen LogP contribution is 2.20. The molecule has 1 unspecified atom stereocenters. The number of amides is 2. The molecule has 2 aromatic carbocycles. The largest absolute Gasteiger partial charge is 0.497 e. The van der Waals surface area contributed by atoms with Gasteiger partial charge in [0.15, 0.2) is 11.9 Å². The molecular weight excluding hydrogens is 380 g/mol. The van der Waals surface area contributed by atoms with E-state index in [0.29, 0.717) is 17.8 Å². The van der Waals surface area contributed by atoms with Crippen LogP contribution in [-0.2, 0) is 16.1 Å². The van der Waals surface area contributed by atoms with Crippen molar-refractivity contribution in [2.24, 2.45) is 4.99 Å². The van der Waals surface area contributed by atoms with E-state index in [2.05, 4.69) is 10.3 Å². The van der Waals surface area contributed by atoms with Crippen LogP contribution in [0.25, 0.3) is 6.08 Å². The number of allylic oxidation sites excluding steroid dienone is 2. The predicted octanol–water partition coefficient (Wildman–Crippen LogP) is 3.46. The maximum absolute atomic E-state index is 12.4. The molecule has 0 saturated carbocycles. The monoisotopic (exact) mass is 400 g/mol. The van der Waals surface area contributed by atoms with E-state index in [9.17, 15) is 9.59 Å². The molecule has 0 fully saturated rings. The molecule has 4 rings (SSSR count). The Morgan fingerprint density at radius 3 is 2.63 bits per heavy atom. The number of nitrogens with one attached hydrogen (secondary N) is 1. The molecule has 1 N–H and O–H groups in total. The fourth-order valence-corrected chi connectivity index (χ4v) is 3.08. The van der Waals surface area contributed by atoms with Crippen LogP contribution in [0.5, 0.6) is 5.75 Å². The number of carbonyl (C=O) groups is 2. The Bertz CT molecular complexity index is 1080. The first-order valence-corrected chi connectivity index (χ1v) is 9.50. The van der Waals surface area contributed by atoms with E-state index >= 15 is 0 Å². The summed E-state index contributed by atoms with van der Waals surface area (Å²) in [6.45, 7) is 0.417. The van der Waals surface area contributed by atoms with Crippen molar-refractivity contribution in [1.82, 2.24) is 5.32 Å². The van der Waals surface area contributed by atoms with Gasteiger partial charge in [-0.1, -0.05) is 36.4 Å². The number of fused-ring (bicyclic) bond motifs is 1. The fourth-order valence-electron chi connectivity index (χ4n) is 3.08. The zero-order valence-electron chi connectivity index (χ0n) is 16.4. The van der Waals surface area contributed by atoms with Gasteiger partial charge in [-0.2, -0.15) is 0 Å². The topological polar surface area (TPSA) is 77.0 Å². The van der Waals surface area contributed by atoms with Gasteiger partial charge in [-0.25, -0.2) is 4.99 Å². The Morgan fingerprint density at radius 1 is 1.13 bits per heavy atom. The van der Waals surface area contributed by atoms with Crippen molar-refractivity contribution in [3.63, 3.8) is 0 Å². The van der Waals surface area contributed by atoms with Gasteiger partial charge in [0.05, 0.1) is 12.8 Å². The van der Waals surface area contributed by atoms with Gasteiger partial charge in [-0.3, -0.25) is 9.59 Å². The third-order valence-electron chi connectivity index (χ3n) is 4.73. The van der Waals surface area contributed by atoms with Crippen LogP contribution >= 0.6 is 0 Å². The first-order valence-electron chi connectivity index (χ1n) is 9.50. The average molecular weight is 400 g/mol. The van der Waals surface area contributed by atoms with Crippen LogP contribution in [0, 0.1) is 0 Å². The molecule has 30 heavy (non-hydrogen) atoms. The fraction of sp³-hybridized carbons (Fsp3) is 0.125. The number of methoxy groups -OCH3 is 1.